The van der Waals surface area contributed by atoms with Gasteiger partial charge in [0.1, 0.15) is 14.1 Å². The Balaban J connectivity index is -0.000000268. The number of amidine groups is 1. The van der Waals surface area contributed by atoms with Crippen molar-refractivity contribution < 1.29 is 46.9 Å². The van der Waals surface area contributed by atoms with Gasteiger partial charge in [-0.3, -0.25) is 0 Å². The van der Waals surface area contributed by atoms with Crippen LogP contribution in [0.1, 0.15) is 57.5 Å². The molecule has 0 fully saturated rings. The van der Waals surface area contributed by atoms with Crippen LogP contribution in [0, 0.1) is 0 Å². The number of carboxylic acid groups (broad SMARTS) is 1. The molecule has 0 bridgehead atoms. The molecule has 0 aliphatic carbocycles. The van der Waals surface area contributed by atoms with Crippen LogP contribution in [-0.4, -0.2) is 67.0 Å². The maximum absolute atomic E-state index is 11.4. The third kappa shape index (κ3) is 33.4. The first-order valence-corrected chi connectivity index (χ1v) is 17.9. The number of carboxylic acids is 1. The van der Waals surface area contributed by atoms with Crippen LogP contribution in [-0.2, 0) is 21.7 Å². The summed E-state index contributed by atoms with van der Waals surface area (Å²) < 4.78 is 4.82. The van der Waals surface area contributed by atoms with Crippen LogP contribution in [0.15, 0.2) is 28.9 Å². The van der Waals surface area contributed by atoms with Gasteiger partial charge in [0.25, 0.3) is 0 Å². The molecule has 0 aliphatic rings. The van der Waals surface area contributed by atoms with Gasteiger partial charge < -0.3 is 30.1 Å². The molecule has 33 heavy (non-hydrogen) atoms. The van der Waals surface area contributed by atoms with Crippen molar-refractivity contribution >= 4 is 28.3 Å². The minimum Gasteiger partial charge on any atom is -0.478 e. The molecular formula is C23H48N2O5Si2Ti. The fourth-order valence-electron chi connectivity index (χ4n) is 1.72. The van der Waals surface area contributed by atoms with E-state index in [9.17, 15) is 9.90 Å². The molecule has 10 heteroatoms. The predicted octanol–water partition coefficient (Wildman–Crippen LogP) is 4.55. The molecule has 5 N–H and O–H groups in total. The Bertz CT molecular complexity index is 649. The summed E-state index contributed by atoms with van der Waals surface area (Å²) in [4.78, 5) is 14.9. The molecule has 0 saturated heterocycles. The number of carbonyl (C=O) groups is 1. The molecule has 1 aromatic rings. The number of aliphatic hydroxyl groups is 3. The topological polar surface area (TPSA) is 122 Å². The quantitative estimate of drug-likeness (QED) is 0.219. The first-order chi connectivity index (χ1) is 14.2. The normalized spacial score (nSPS) is 11.3. The van der Waals surface area contributed by atoms with Crippen LogP contribution < -0.4 is 4.98 Å². The summed E-state index contributed by atoms with van der Waals surface area (Å²) in [5.74, 6) is -0.178. The summed E-state index contributed by atoms with van der Waals surface area (Å²) in [5.41, 5.74) is 0.986. The number of nitrogens with zero attached hydrogens (tertiary/aromatic N) is 1. The van der Waals surface area contributed by atoms with Crippen LogP contribution in [0.4, 0.5) is 0 Å². The van der Waals surface area contributed by atoms with Crippen molar-refractivity contribution in [2.75, 3.05) is 0 Å². The van der Waals surface area contributed by atoms with Crippen molar-refractivity contribution in [3.05, 3.63) is 35.4 Å². The maximum atomic E-state index is 11.4. The van der Waals surface area contributed by atoms with Crippen molar-refractivity contribution in [3.63, 3.8) is 0 Å². The summed E-state index contributed by atoms with van der Waals surface area (Å²) >= 11 is 0. The first-order valence-electron chi connectivity index (χ1n) is 10.9. The van der Waals surface area contributed by atoms with E-state index in [-0.39, 0.29) is 40.0 Å². The molecule has 0 aliphatic heterocycles. The van der Waals surface area contributed by atoms with E-state index in [1.54, 1.807) is 53.7 Å². The summed E-state index contributed by atoms with van der Waals surface area (Å²) in [6.07, 6.45) is -0.500. The molecular weight excluding hydrogens is 488 g/mol. The van der Waals surface area contributed by atoms with Crippen LogP contribution in [0.25, 0.3) is 0 Å². The zero-order valence-corrected chi connectivity index (χ0v) is 26.2. The number of nitrogens with one attached hydrogen (secondary N) is 1. The van der Waals surface area contributed by atoms with Crippen molar-refractivity contribution in [3.8, 4) is 0 Å². The monoisotopic (exact) mass is 536 g/mol. The standard InChI is InChI=1S/C14H24N2O2Si2.3C3H8O.Ti/c1-19(2,3)15-13(16-20(4,5)6)11-9-7-8-10-12(11)14(17)18;3*1-3(2)4;/h7-10H,1-6H3,(H,15,16)(H,17,18);3*3-4H,1-2H3;. The molecule has 0 saturated carbocycles. The van der Waals surface area contributed by atoms with Crippen molar-refractivity contribution in [1.29, 1.82) is 0 Å². The van der Waals surface area contributed by atoms with Gasteiger partial charge in [-0.05, 0) is 67.2 Å². The fourth-order valence-corrected chi connectivity index (χ4v) is 3.58. The van der Waals surface area contributed by atoms with E-state index in [0.717, 1.165) is 5.84 Å². The van der Waals surface area contributed by atoms with Gasteiger partial charge in [0.05, 0.1) is 5.56 Å². The molecule has 0 spiro atoms. The minimum atomic E-state index is -1.71. The fraction of sp³-hybridized carbons (Fsp3) is 0.652. The number of hydrogen-bond donors (Lipinski definition) is 5. The van der Waals surface area contributed by atoms with Crippen LogP contribution in [0.5, 0.6) is 0 Å². The molecule has 192 valence electrons. The molecule has 0 amide bonds. The number of rotatable bonds is 4. The average Bonchev–Trinajstić information content (AvgIpc) is 2.49. The smallest absolute Gasteiger partial charge is 0.336 e. The van der Waals surface area contributed by atoms with Crippen molar-refractivity contribution in [2.24, 2.45) is 4.66 Å². The number of aliphatic hydroxyl groups excluding tert-OH is 3. The van der Waals surface area contributed by atoms with E-state index in [2.05, 4.69) is 44.3 Å². The van der Waals surface area contributed by atoms with Crippen LogP contribution in [0.3, 0.4) is 0 Å². The third-order valence-electron chi connectivity index (χ3n) is 2.35. The Morgan fingerprint density at radius 2 is 1.09 bits per heavy atom. The summed E-state index contributed by atoms with van der Waals surface area (Å²) in [6, 6.07) is 7.06. The zero-order valence-electron chi connectivity index (χ0n) is 22.7. The maximum Gasteiger partial charge on any atom is 0.336 e. The van der Waals surface area contributed by atoms with E-state index >= 15 is 0 Å². The molecule has 7 nitrogen and oxygen atoms in total. The number of aromatic carboxylic acids is 1. The van der Waals surface area contributed by atoms with Gasteiger partial charge in [0.2, 0.25) is 0 Å². The van der Waals surface area contributed by atoms with Gasteiger partial charge in [-0.2, -0.15) is 0 Å². The summed E-state index contributed by atoms with van der Waals surface area (Å²) in [7, 11) is -3.32. The van der Waals surface area contributed by atoms with E-state index in [1.807, 2.05) is 12.1 Å². The van der Waals surface area contributed by atoms with Crippen molar-refractivity contribution in [1.82, 2.24) is 4.98 Å². The van der Waals surface area contributed by atoms with E-state index in [4.69, 9.17) is 20.0 Å². The molecule has 0 atom stereocenters. The van der Waals surface area contributed by atoms with Gasteiger partial charge in [0, 0.05) is 45.6 Å². The van der Waals surface area contributed by atoms with Gasteiger partial charge in [-0.15, -0.1) is 0 Å². The second-order valence-corrected chi connectivity index (χ2v) is 19.5. The third-order valence-corrected chi connectivity index (χ3v) is 4.23. The second-order valence-electron chi connectivity index (χ2n) is 10.1. The zero-order chi connectivity index (χ0) is 26.3. The van der Waals surface area contributed by atoms with E-state index in [0.29, 0.717) is 11.1 Å². The van der Waals surface area contributed by atoms with Crippen molar-refractivity contribution in [2.45, 2.75) is 99.1 Å². The Kier molecular flexibility index (Phi) is 23.3. The minimum absolute atomic E-state index is 0. The van der Waals surface area contributed by atoms with Gasteiger partial charge in [-0.25, -0.2) is 4.79 Å². The Morgan fingerprint density at radius 3 is 1.33 bits per heavy atom. The number of benzene rings is 1. The average molecular weight is 537 g/mol. The van der Waals surface area contributed by atoms with E-state index in [1.165, 1.54) is 0 Å². The Labute approximate surface area is 218 Å². The van der Waals surface area contributed by atoms with Gasteiger partial charge in [0.15, 0.2) is 8.24 Å². The molecule has 0 heterocycles. The molecule has 0 radical (unpaired) electrons. The summed E-state index contributed by atoms with van der Waals surface area (Å²) in [6.45, 7) is 23.3. The number of hydrogen-bond acceptors (Lipinski definition) is 5. The Morgan fingerprint density at radius 1 is 0.788 bits per heavy atom. The first kappa shape index (κ1) is 39.4. The van der Waals surface area contributed by atoms with E-state index < -0.39 is 22.4 Å². The molecule has 1 rings (SSSR count). The van der Waals surface area contributed by atoms with Crippen LogP contribution >= 0.6 is 0 Å². The SMILES string of the molecule is CC(C)O.CC(C)O.CC(C)O.C[Si](C)(C)N=C(N[Si](C)(C)C)c1ccccc1C(=O)O.[Ti]. The van der Waals surface area contributed by atoms with Gasteiger partial charge >= 0.3 is 5.97 Å². The van der Waals surface area contributed by atoms with Crippen LogP contribution in [0.2, 0.25) is 39.3 Å². The predicted molar refractivity (Wildman–Crippen MR) is 142 cm³/mol. The molecule has 0 unspecified atom stereocenters. The molecule has 1 aromatic carbocycles. The largest absolute Gasteiger partial charge is 0.478 e. The Hall–Kier alpha value is -0.812. The molecule has 0 aromatic heterocycles. The summed E-state index contributed by atoms with van der Waals surface area (Å²) in [5, 5.41) is 33.5. The second kappa shape index (κ2) is 19.5. The van der Waals surface area contributed by atoms with Gasteiger partial charge in [-0.1, -0.05) is 37.8 Å².